The highest BCUT2D eigenvalue weighted by Gasteiger charge is 2.48. The van der Waals surface area contributed by atoms with Crippen molar-refractivity contribution >= 4 is 23.5 Å². The first-order valence-corrected chi connectivity index (χ1v) is 6.87. The van der Waals surface area contributed by atoms with E-state index in [0.717, 1.165) is 0 Å². The number of aryl methyl sites for hydroxylation is 1. The van der Waals surface area contributed by atoms with Crippen molar-refractivity contribution in [2.75, 3.05) is 4.90 Å². The molecule has 1 fully saturated rings. The van der Waals surface area contributed by atoms with Crippen molar-refractivity contribution in [1.29, 1.82) is 0 Å². The summed E-state index contributed by atoms with van der Waals surface area (Å²) in [5, 5.41) is 9.08. The highest BCUT2D eigenvalue weighted by molar-refractivity contribution is 6.22. The third kappa shape index (κ3) is 2.05. The number of imide groups is 1. The van der Waals surface area contributed by atoms with Crippen molar-refractivity contribution in [2.24, 2.45) is 11.8 Å². The minimum atomic E-state index is -1.07. The van der Waals surface area contributed by atoms with Gasteiger partial charge in [-0.3, -0.25) is 9.59 Å². The number of carbonyl (C=O) groups excluding carboxylic acids is 2. The van der Waals surface area contributed by atoms with Crippen LogP contribution in [0.4, 0.5) is 5.69 Å². The lowest BCUT2D eigenvalue weighted by atomic mass is 9.85. The molecule has 0 aromatic heterocycles. The molecule has 5 heteroatoms. The number of carboxylic acid groups (broad SMARTS) is 1. The average molecular weight is 285 g/mol. The Morgan fingerprint density at radius 3 is 2.24 bits per heavy atom. The van der Waals surface area contributed by atoms with E-state index in [4.69, 9.17) is 5.11 Å². The number of fused-ring (bicyclic) bond motifs is 1. The highest BCUT2D eigenvalue weighted by atomic mass is 16.4. The Balaban J connectivity index is 2.05. The molecule has 1 aromatic rings. The van der Waals surface area contributed by atoms with Crippen LogP contribution in [0.2, 0.25) is 0 Å². The van der Waals surface area contributed by atoms with Crippen LogP contribution in [-0.2, 0) is 9.59 Å². The van der Waals surface area contributed by atoms with Crippen LogP contribution in [-0.4, -0.2) is 22.9 Å². The summed E-state index contributed by atoms with van der Waals surface area (Å²) >= 11 is 0. The summed E-state index contributed by atoms with van der Waals surface area (Å²) in [6.07, 6.45) is 5.00. The van der Waals surface area contributed by atoms with Crippen LogP contribution in [0.25, 0.3) is 0 Å². The van der Waals surface area contributed by atoms with Crippen molar-refractivity contribution in [1.82, 2.24) is 0 Å². The molecule has 2 atom stereocenters. The van der Waals surface area contributed by atoms with Gasteiger partial charge in [-0.2, -0.15) is 0 Å². The van der Waals surface area contributed by atoms with Gasteiger partial charge in [0.2, 0.25) is 11.8 Å². The summed E-state index contributed by atoms with van der Waals surface area (Å²) in [4.78, 5) is 37.3. The van der Waals surface area contributed by atoms with Gasteiger partial charge >= 0.3 is 5.97 Å². The predicted molar refractivity (Wildman–Crippen MR) is 76.0 cm³/mol. The number of amides is 2. The first-order chi connectivity index (χ1) is 10.0. The van der Waals surface area contributed by atoms with E-state index in [1.165, 1.54) is 17.0 Å². The molecule has 2 amide bonds. The number of nitrogens with zero attached hydrogens (tertiary/aromatic N) is 1. The number of carbonyl (C=O) groups is 3. The fourth-order valence-corrected chi connectivity index (χ4v) is 3.02. The zero-order chi connectivity index (χ0) is 15.1. The van der Waals surface area contributed by atoms with Crippen LogP contribution < -0.4 is 4.90 Å². The van der Waals surface area contributed by atoms with Gasteiger partial charge < -0.3 is 5.11 Å². The third-order valence-corrected chi connectivity index (χ3v) is 4.20. The Hall–Kier alpha value is -2.43. The predicted octanol–water partition coefficient (Wildman–Crippen LogP) is 2.15. The number of rotatable bonds is 2. The van der Waals surface area contributed by atoms with Gasteiger partial charge in [0, 0.05) is 0 Å². The molecule has 0 radical (unpaired) electrons. The molecule has 0 saturated carbocycles. The van der Waals surface area contributed by atoms with Crippen LogP contribution in [0.15, 0.2) is 30.4 Å². The molecule has 3 rings (SSSR count). The summed E-state index contributed by atoms with van der Waals surface area (Å²) in [5.41, 5.74) is 1.18. The smallest absolute Gasteiger partial charge is 0.335 e. The van der Waals surface area contributed by atoms with E-state index in [0.29, 0.717) is 24.1 Å². The Bertz CT molecular complexity index is 651. The van der Waals surface area contributed by atoms with Gasteiger partial charge in [-0.25, -0.2) is 9.69 Å². The molecule has 2 aliphatic rings. The fourth-order valence-electron chi connectivity index (χ4n) is 3.02. The van der Waals surface area contributed by atoms with E-state index in [-0.39, 0.29) is 29.2 Å². The number of hydrogen-bond donors (Lipinski definition) is 1. The molecule has 1 aliphatic carbocycles. The molecule has 1 aliphatic heterocycles. The number of allylic oxidation sites excluding steroid dienone is 2. The zero-order valence-corrected chi connectivity index (χ0v) is 11.6. The Morgan fingerprint density at radius 2 is 1.71 bits per heavy atom. The van der Waals surface area contributed by atoms with Crippen LogP contribution in [0.3, 0.4) is 0 Å². The second-order valence-corrected chi connectivity index (χ2v) is 5.47. The van der Waals surface area contributed by atoms with E-state index < -0.39 is 5.97 Å². The summed E-state index contributed by atoms with van der Waals surface area (Å²) in [6, 6.07) is 4.50. The number of aromatic carboxylic acids is 1. The maximum Gasteiger partial charge on any atom is 0.335 e. The van der Waals surface area contributed by atoms with Crippen LogP contribution in [0.1, 0.15) is 28.8 Å². The summed E-state index contributed by atoms with van der Waals surface area (Å²) in [5.74, 6) is -2.14. The molecule has 0 unspecified atom stereocenters. The van der Waals surface area contributed by atoms with Gasteiger partial charge in [-0.15, -0.1) is 0 Å². The van der Waals surface area contributed by atoms with Crippen molar-refractivity contribution < 1.29 is 19.5 Å². The molecule has 0 spiro atoms. The fraction of sp³-hybridized carbons (Fsp3) is 0.312. The van der Waals surface area contributed by atoms with E-state index >= 15 is 0 Å². The zero-order valence-electron chi connectivity index (χ0n) is 11.6. The van der Waals surface area contributed by atoms with Crippen LogP contribution in [0.5, 0.6) is 0 Å². The molecular weight excluding hydrogens is 270 g/mol. The molecule has 108 valence electrons. The maximum absolute atomic E-state index is 12.5. The van der Waals surface area contributed by atoms with Crippen molar-refractivity contribution in [2.45, 2.75) is 19.8 Å². The molecule has 5 nitrogen and oxygen atoms in total. The molecule has 1 saturated heterocycles. The first kappa shape index (κ1) is 13.5. The van der Waals surface area contributed by atoms with Crippen molar-refractivity contribution in [3.05, 3.63) is 41.5 Å². The summed E-state index contributed by atoms with van der Waals surface area (Å²) in [7, 11) is 0. The lowest BCUT2D eigenvalue weighted by molar-refractivity contribution is -0.122. The first-order valence-electron chi connectivity index (χ1n) is 6.87. The van der Waals surface area contributed by atoms with E-state index in [1.807, 2.05) is 12.2 Å². The second kappa shape index (κ2) is 4.84. The van der Waals surface area contributed by atoms with Crippen molar-refractivity contribution in [3.8, 4) is 0 Å². The molecular formula is C16H15NO4. The summed E-state index contributed by atoms with van der Waals surface area (Å²) < 4.78 is 0. The minimum absolute atomic E-state index is 0.0733. The van der Waals surface area contributed by atoms with Gasteiger partial charge in [-0.05, 0) is 37.5 Å². The van der Waals surface area contributed by atoms with E-state index in [9.17, 15) is 14.4 Å². The molecule has 1 aromatic carbocycles. The Morgan fingerprint density at radius 1 is 1.14 bits per heavy atom. The largest absolute Gasteiger partial charge is 0.478 e. The Labute approximate surface area is 121 Å². The number of benzene rings is 1. The van der Waals surface area contributed by atoms with Gasteiger partial charge in [0.05, 0.1) is 23.1 Å². The maximum atomic E-state index is 12.5. The van der Waals surface area contributed by atoms with Gasteiger partial charge in [0.15, 0.2) is 0 Å². The second-order valence-electron chi connectivity index (χ2n) is 5.47. The lowest BCUT2D eigenvalue weighted by Gasteiger charge is -2.18. The van der Waals surface area contributed by atoms with E-state index in [1.54, 1.807) is 13.0 Å². The normalized spacial score (nSPS) is 24.3. The lowest BCUT2D eigenvalue weighted by Crippen LogP contribution is -2.31. The van der Waals surface area contributed by atoms with Crippen LogP contribution in [0, 0.1) is 18.8 Å². The number of carboxylic acids is 1. The number of hydrogen-bond acceptors (Lipinski definition) is 3. The van der Waals surface area contributed by atoms with Crippen LogP contribution >= 0.6 is 0 Å². The number of anilines is 1. The van der Waals surface area contributed by atoms with Crippen molar-refractivity contribution in [3.63, 3.8) is 0 Å². The quantitative estimate of drug-likeness (QED) is 0.667. The van der Waals surface area contributed by atoms with E-state index in [2.05, 4.69) is 0 Å². The Kier molecular flexibility index (Phi) is 3.12. The molecule has 21 heavy (non-hydrogen) atoms. The topological polar surface area (TPSA) is 74.7 Å². The summed E-state index contributed by atoms with van der Waals surface area (Å²) in [6.45, 7) is 1.77. The van der Waals surface area contributed by atoms with Gasteiger partial charge in [-0.1, -0.05) is 18.2 Å². The highest BCUT2D eigenvalue weighted by Crippen LogP contribution is 2.38. The van der Waals surface area contributed by atoms with Gasteiger partial charge in [0.1, 0.15) is 0 Å². The molecule has 0 bridgehead atoms. The average Bonchev–Trinajstić information content (AvgIpc) is 2.72. The minimum Gasteiger partial charge on any atom is -0.478 e. The monoisotopic (exact) mass is 285 g/mol. The third-order valence-electron chi connectivity index (χ3n) is 4.20. The molecule has 1 N–H and O–H groups in total. The SMILES string of the molecule is Cc1ccc(C(=O)O)cc1N1C(=O)[C@H]2CC=CC[C@@H]2C1=O. The molecule has 1 heterocycles. The standard InChI is InChI=1S/C16H15NO4/c1-9-6-7-10(16(20)21)8-13(9)17-14(18)11-4-2-3-5-12(11)15(17)19/h2-3,6-8,11-12H,4-5H2,1H3,(H,20,21)/t11-,12-/m0/s1. The van der Waals surface area contributed by atoms with Gasteiger partial charge in [0.25, 0.3) is 0 Å².